The van der Waals surface area contributed by atoms with Gasteiger partial charge in [0.1, 0.15) is 12.4 Å². The summed E-state index contributed by atoms with van der Waals surface area (Å²) in [6.45, 7) is 2.73. The first-order valence-electron chi connectivity index (χ1n) is 8.62. The van der Waals surface area contributed by atoms with Crippen LogP contribution in [0.25, 0.3) is 0 Å². The number of carbonyl (C=O) groups excluding carboxylic acids is 2. The molecule has 2 aliphatic heterocycles. The summed E-state index contributed by atoms with van der Waals surface area (Å²) in [6.07, 6.45) is 3.70. The van der Waals surface area contributed by atoms with Gasteiger partial charge in [-0.15, -0.1) is 0 Å². The van der Waals surface area contributed by atoms with Gasteiger partial charge in [0.2, 0.25) is 5.28 Å². The highest BCUT2D eigenvalue weighted by Gasteiger charge is 2.35. The molecular weight excluding hydrogens is 354 g/mol. The zero-order chi connectivity index (χ0) is 18.3. The van der Waals surface area contributed by atoms with Crippen molar-refractivity contribution in [3.05, 3.63) is 52.1 Å². The number of hydrogen-bond donors (Lipinski definition) is 0. The highest BCUT2D eigenvalue weighted by atomic mass is 35.5. The van der Waals surface area contributed by atoms with E-state index < -0.39 is 0 Å². The first-order chi connectivity index (χ1) is 12.5. The van der Waals surface area contributed by atoms with Crippen LogP contribution in [0.1, 0.15) is 51.7 Å². The molecule has 6 nitrogen and oxygen atoms in total. The maximum absolute atomic E-state index is 13.1. The summed E-state index contributed by atoms with van der Waals surface area (Å²) in [5.41, 5.74) is 2.26. The second-order valence-electron chi connectivity index (χ2n) is 6.63. The molecule has 2 aliphatic rings. The van der Waals surface area contributed by atoms with Crippen molar-refractivity contribution in [1.29, 1.82) is 0 Å². The monoisotopic (exact) mass is 371 g/mol. The van der Waals surface area contributed by atoms with Crippen molar-refractivity contribution >= 4 is 23.3 Å². The average molecular weight is 372 g/mol. The number of halogens is 1. The van der Waals surface area contributed by atoms with Gasteiger partial charge in [0.15, 0.2) is 5.78 Å². The minimum atomic E-state index is -0.138. The lowest BCUT2D eigenvalue weighted by Crippen LogP contribution is -2.36. The molecule has 1 fully saturated rings. The molecular formula is C19H18ClN3O3. The van der Waals surface area contributed by atoms with Crippen molar-refractivity contribution in [3.63, 3.8) is 0 Å². The predicted molar refractivity (Wildman–Crippen MR) is 95.8 cm³/mol. The average Bonchev–Trinajstić information content (AvgIpc) is 3.03. The van der Waals surface area contributed by atoms with Crippen LogP contribution in [0, 0.1) is 0 Å². The molecule has 3 heterocycles. The molecule has 0 spiro atoms. The quantitative estimate of drug-likeness (QED) is 0.612. The Morgan fingerprint density at radius 2 is 2.27 bits per heavy atom. The third-order valence-electron chi connectivity index (χ3n) is 4.97. The fraction of sp³-hybridized carbons (Fsp3) is 0.368. The van der Waals surface area contributed by atoms with Crippen molar-refractivity contribution in [2.75, 3.05) is 13.2 Å². The number of Topliss-reactive ketones (excluding diaryl/α,β-unsaturated/α-hetero) is 1. The summed E-state index contributed by atoms with van der Waals surface area (Å²) >= 11 is 5.93. The summed E-state index contributed by atoms with van der Waals surface area (Å²) in [5.74, 6) is 0.437. The smallest absolute Gasteiger partial charge is 0.258 e. The van der Waals surface area contributed by atoms with Gasteiger partial charge in [-0.05, 0) is 43.0 Å². The molecule has 0 radical (unpaired) electrons. The Bertz CT molecular complexity index is 900. The molecule has 0 saturated carbocycles. The summed E-state index contributed by atoms with van der Waals surface area (Å²) in [7, 11) is 0. The lowest BCUT2D eigenvalue weighted by molar-refractivity contribution is 0.0726. The van der Waals surface area contributed by atoms with Gasteiger partial charge in [-0.1, -0.05) is 12.1 Å². The zero-order valence-corrected chi connectivity index (χ0v) is 15.1. The van der Waals surface area contributed by atoms with Crippen LogP contribution in [0.15, 0.2) is 24.4 Å². The van der Waals surface area contributed by atoms with Crippen molar-refractivity contribution < 1.29 is 14.3 Å². The fourth-order valence-corrected chi connectivity index (χ4v) is 3.85. The maximum atomic E-state index is 13.1. The third kappa shape index (κ3) is 2.94. The Morgan fingerprint density at radius 1 is 1.42 bits per heavy atom. The van der Waals surface area contributed by atoms with Crippen LogP contribution in [-0.2, 0) is 6.42 Å². The molecule has 1 aromatic carbocycles. The molecule has 134 valence electrons. The summed E-state index contributed by atoms with van der Waals surface area (Å²) in [4.78, 5) is 35.1. The predicted octanol–water partition coefficient (Wildman–Crippen LogP) is 2.92. The van der Waals surface area contributed by atoms with E-state index in [0.29, 0.717) is 35.6 Å². The second kappa shape index (κ2) is 6.68. The number of hydrogen-bond acceptors (Lipinski definition) is 5. The minimum absolute atomic E-state index is 0.0138. The molecule has 1 aromatic heterocycles. The largest absolute Gasteiger partial charge is 0.491 e. The van der Waals surface area contributed by atoms with Gasteiger partial charge < -0.3 is 9.64 Å². The molecule has 0 unspecified atom stereocenters. The van der Waals surface area contributed by atoms with E-state index in [1.54, 1.807) is 0 Å². The molecule has 0 N–H and O–H groups in total. The Balaban J connectivity index is 1.77. The first-order valence-corrected chi connectivity index (χ1v) is 9.00. The molecule has 1 atom stereocenters. The van der Waals surface area contributed by atoms with Gasteiger partial charge in [-0.2, -0.15) is 0 Å². The van der Waals surface area contributed by atoms with Crippen LogP contribution in [0.4, 0.5) is 0 Å². The van der Waals surface area contributed by atoms with Crippen LogP contribution in [0.3, 0.4) is 0 Å². The summed E-state index contributed by atoms with van der Waals surface area (Å²) in [5, 5.41) is 0.0780. The number of benzene rings is 1. The maximum Gasteiger partial charge on any atom is 0.258 e. The molecule has 1 saturated heterocycles. The SMILES string of the molecule is CC(=O)c1cnc(Cl)nc1Cc1cccc2c1C(=O)N1CCC[C@H]1CO2. The Kier molecular flexibility index (Phi) is 4.36. The van der Waals surface area contributed by atoms with E-state index in [1.807, 2.05) is 23.1 Å². The van der Waals surface area contributed by atoms with E-state index in [0.717, 1.165) is 24.9 Å². The van der Waals surface area contributed by atoms with Crippen molar-refractivity contribution in [3.8, 4) is 5.75 Å². The number of fused-ring (bicyclic) bond motifs is 2. The number of ketones is 1. The normalized spacial score (nSPS) is 18.8. The van der Waals surface area contributed by atoms with E-state index in [4.69, 9.17) is 16.3 Å². The van der Waals surface area contributed by atoms with Crippen LogP contribution in [0.5, 0.6) is 5.75 Å². The van der Waals surface area contributed by atoms with Gasteiger partial charge in [-0.25, -0.2) is 9.97 Å². The standard InChI is InChI=1S/C19H18ClN3O3/c1-11(24)14-9-21-19(20)22-15(14)8-12-4-2-6-16-17(12)18(25)23-7-3-5-13(23)10-26-16/h2,4,6,9,13H,3,5,7-8,10H2,1H3/t13-/m0/s1. The van der Waals surface area contributed by atoms with E-state index in [-0.39, 0.29) is 23.0 Å². The number of nitrogens with zero attached hydrogens (tertiary/aromatic N) is 3. The van der Waals surface area contributed by atoms with E-state index in [1.165, 1.54) is 13.1 Å². The van der Waals surface area contributed by atoms with Gasteiger partial charge in [0.05, 0.1) is 22.9 Å². The molecule has 26 heavy (non-hydrogen) atoms. The van der Waals surface area contributed by atoms with Gasteiger partial charge >= 0.3 is 0 Å². The van der Waals surface area contributed by atoms with Crippen molar-refractivity contribution in [2.45, 2.75) is 32.2 Å². The van der Waals surface area contributed by atoms with Crippen LogP contribution >= 0.6 is 11.6 Å². The van der Waals surface area contributed by atoms with Gasteiger partial charge in [0.25, 0.3) is 5.91 Å². The third-order valence-corrected chi connectivity index (χ3v) is 5.15. The van der Waals surface area contributed by atoms with E-state index >= 15 is 0 Å². The molecule has 1 amide bonds. The number of carbonyl (C=O) groups is 2. The van der Waals surface area contributed by atoms with Gasteiger partial charge in [-0.3, -0.25) is 9.59 Å². The van der Waals surface area contributed by atoms with E-state index in [2.05, 4.69) is 9.97 Å². The minimum Gasteiger partial charge on any atom is -0.491 e. The number of aromatic nitrogens is 2. The van der Waals surface area contributed by atoms with E-state index in [9.17, 15) is 9.59 Å². The second-order valence-corrected chi connectivity index (χ2v) is 6.97. The molecule has 7 heteroatoms. The number of rotatable bonds is 3. The summed E-state index contributed by atoms with van der Waals surface area (Å²) in [6, 6.07) is 5.67. The van der Waals surface area contributed by atoms with Gasteiger partial charge in [0, 0.05) is 19.2 Å². The topological polar surface area (TPSA) is 72.4 Å². The fourth-order valence-electron chi connectivity index (χ4n) is 3.69. The van der Waals surface area contributed by atoms with Crippen LogP contribution in [0.2, 0.25) is 5.28 Å². The lowest BCUT2D eigenvalue weighted by Gasteiger charge is -2.21. The van der Waals surface area contributed by atoms with Crippen LogP contribution < -0.4 is 4.74 Å². The Morgan fingerprint density at radius 3 is 3.08 bits per heavy atom. The number of ether oxygens (including phenoxy) is 1. The van der Waals surface area contributed by atoms with Crippen LogP contribution in [-0.4, -0.2) is 45.8 Å². The Hall–Kier alpha value is -2.47. The molecule has 2 aromatic rings. The van der Waals surface area contributed by atoms with Crippen molar-refractivity contribution in [1.82, 2.24) is 14.9 Å². The highest BCUT2D eigenvalue weighted by Crippen LogP contribution is 2.33. The number of amides is 1. The Labute approximate surface area is 156 Å². The van der Waals surface area contributed by atoms with Crippen molar-refractivity contribution in [2.24, 2.45) is 0 Å². The highest BCUT2D eigenvalue weighted by molar-refractivity contribution is 6.28. The summed E-state index contributed by atoms with van der Waals surface area (Å²) < 4.78 is 5.92. The zero-order valence-electron chi connectivity index (χ0n) is 14.4. The molecule has 0 aliphatic carbocycles. The lowest BCUT2D eigenvalue weighted by atomic mass is 9.98. The first kappa shape index (κ1) is 17.0. The molecule has 0 bridgehead atoms. The molecule has 4 rings (SSSR count).